The van der Waals surface area contributed by atoms with Crippen LogP contribution in [0.1, 0.15) is 85.1 Å². The van der Waals surface area contributed by atoms with Crippen LogP contribution in [0, 0.1) is 0 Å². The molecule has 250 valence electrons. The third-order valence-electron chi connectivity index (χ3n) is 10.1. The zero-order chi connectivity index (χ0) is 33.5. The Morgan fingerprint density at radius 3 is 1.80 bits per heavy atom. The van der Waals surface area contributed by atoms with Crippen molar-refractivity contribution >= 4 is 22.7 Å². The highest BCUT2D eigenvalue weighted by atomic mass is 28.4. The maximum Gasteiger partial charge on any atom is 0.349 e. The number of hydrogen-bond donors (Lipinski definition) is 0. The van der Waals surface area contributed by atoms with E-state index in [0.717, 1.165) is 24.5 Å². The third-order valence-corrected chi connectivity index (χ3v) is 19.7. The molecule has 0 radical (unpaired) electrons. The van der Waals surface area contributed by atoms with Gasteiger partial charge in [-0.1, -0.05) is 129 Å². The van der Waals surface area contributed by atoms with E-state index in [1.54, 1.807) is 0 Å². The van der Waals surface area contributed by atoms with E-state index < -0.39 is 16.9 Å². The Labute approximate surface area is 280 Å². The summed E-state index contributed by atoms with van der Waals surface area (Å²) in [5.41, 5.74) is 3.51. The van der Waals surface area contributed by atoms with Gasteiger partial charge in [0, 0.05) is 34.9 Å². The number of benzene rings is 2. The van der Waals surface area contributed by atoms with E-state index in [-0.39, 0.29) is 39.5 Å². The van der Waals surface area contributed by atoms with Crippen LogP contribution in [0.15, 0.2) is 79.0 Å². The second-order valence-corrected chi connectivity index (χ2v) is 26.2. The fraction of sp³-hybridized carbons (Fsp3) is 0.553. The SMILES string of the molecule is CC(C)(C)[Si](C)(C)O[C@@H]1[C@@H]2O[Si](C(C)(C)C)(C(C)(C)C)OC[C@H]2O[C@H]1c1ccc(N(Cc2ccccc2)Cc2ccccc2)nc1. The van der Waals surface area contributed by atoms with Crippen LogP contribution >= 0.6 is 0 Å². The molecule has 8 heteroatoms. The van der Waals surface area contributed by atoms with Gasteiger partial charge in [0.1, 0.15) is 30.2 Å². The van der Waals surface area contributed by atoms with Crippen LogP contribution in [0.25, 0.3) is 0 Å². The molecule has 0 N–H and O–H groups in total. The molecule has 0 aliphatic carbocycles. The maximum atomic E-state index is 7.30. The summed E-state index contributed by atoms with van der Waals surface area (Å²) < 4.78 is 28.3. The molecule has 2 saturated heterocycles. The van der Waals surface area contributed by atoms with E-state index in [1.165, 1.54) is 11.1 Å². The predicted molar refractivity (Wildman–Crippen MR) is 193 cm³/mol. The van der Waals surface area contributed by atoms with Crippen LogP contribution in [0.3, 0.4) is 0 Å². The van der Waals surface area contributed by atoms with Crippen molar-refractivity contribution in [3.8, 4) is 0 Å². The number of anilines is 1. The standard InChI is InChI=1S/C38H56N2O4Si2/c1-36(2,3)45(10,11)43-35-33(42-31-27-41-46(37(4,5)6,38(7,8)9)44-34(31)35)30-22-23-32(39-24-30)40(25-28-18-14-12-15-19-28)26-29-20-16-13-17-21-29/h12-24,31,33-35H,25-27H2,1-11H3/t31-,33+,34-,35+/m1/s1. The van der Waals surface area contributed by atoms with Gasteiger partial charge in [0.05, 0.1) is 6.61 Å². The van der Waals surface area contributed by atoms with Crippen molar-refractivity contribution in [2.45, 2.75) is 128 Å². The Kier molecular flexibility index (Phi) is 9.84. The van der Waals surface area contributed by atoms with Gasteiger partial charge < -0.3 is 22.9 Å². The molecule has 2 aromatic carbocycles. The number of rotatable bonds is 8. The summed E-state index contributed by atoms with van der Waals surface area (Å²) in [6.07, 6.45) is 1.05. The largest absolute Gasteiger partial charge is 0.408 e. The first-order valence-corrected chi connectivity index (χ1v) is 21.6. The van der Waals surface area contributed by atoms with E-state index in [1.807, 2.05) is 6.20 Å². The van der Waals surface area contributed by atoms with Crippen molar-refractivity contribution in [2.75, 3.05) is 11.5 Å². The van der Waals surface area contributed by atoms with Gasteiger partial charge in [0.25, 0.3) is 0 Å². The highest BCUT2D eigenvalue weighted by Crippen LogP contribution is 2.57. The molecular formula is C38H56N2O4Si2. The van der Waals surface area contributed by atoms with E-state index in [9.17, 15) is 0 Å². The van der Waals surface area contributed by atoms with Gasteiger partial charge in [0.15, 0.2) is 8.32 Å². The molecule has 2 aliphatic heterocycles. The Hall–Kier alpha value is -2.34. The molecule has 0 spiro atoms. The lowest BCUT2D eigenvalue weighted by molar-refractivity contribution is -0.0716. The minimum atomic E-state index is -2.73. The number of fused-ring (bicyclic) bond motifs is 1. The zero-order valence-electron chi connectivity index (χ0n) is 30.0. The molecule has 6 nitrogen and oxygen atoms in total. The number of pyridine rings is 1. The van der Waals surface area contributed by atoms with Gasteiger partial charge in [-0.2, -0.15) is 0 Å². The normalized spacial score (nSPS) is 23.6. The first-order valence-electron chi connectivity index (χ1n) is 16.9. The van der Waals surface area contributed by atoms with Crippen molar-refractivity contribution in [1.29, 1.82) is 0 Å². The molecule has 3 heterocycles. The number of aromatic nitrogens is 1. The lowest BCUT2D eigenvalue weighted by Gasteiger charge is -2.54. The lowest BCUT2D eigenvalue weighted by Crippen LogP contribution is -2.66. The summed E-state index contributed by atoms with van der Waals surface area (Å²) >= 11 is 0. The summed E-state index contributed by atoms with van der Waals surface area (Å²) in [7, 11) is -4.92. The van der Waals surface area contributed by atoms with Crippen LogP contribution < -0.4 is 4.90 Å². The van der Waals surface area contributed by atoms with Crippen LogP contribution in [0.4, 0.5) is 5.82 Å². The highest BCUT2D eigenvalue weighted by molar-refractivity contribution is 6.74. The average Bonchev–Trinajstić information content (AvgIpc) is 3.33. The second-order valence-electron chi connectivity index (χ2n) is 16.7. The Bertz CT molecular complexity index is 1370. The molecular weight excluding hydrogens is 605 g/mol. The lowest BCUT2D eigenvalue weighted by atomic mass is 10.0. The summed E-state index contributed by atoms with van der Waals surface area (Å²) in [4.78, 5) is 7.39. The van der Waals surface area contributed by atoms with Gasteiger partial charge in [-0.3, -0.25) is 0 Å². The molecule has 4 atom stereocenters. The quantitative estimate of drug-likeness (QED) is 0.224. The molecule has 46 heavy (non-hydrogen) atoms. The monoisotopic (exact) mass is 660 g/mol. The van der Waals surface area contributed by atoms with Gasteiger partial charge >= 0.3 is 8.56 Å². The number of ether oxygens (including phenoxy) is 1. The van der Waals surface area contributed by atoms with Crippen molar-refractivity contribution in [3.05, 3.63) is 95.7 Å². The van der Waals surface area contributed by atoms with E-state index in [2.05, 4.69) is 153 Å². The van der Waals surface area contributed by atoms with Crippen LogP contribution in [-0.4, -0.2) is 46.8 Å². The number of nitrogens with zero attached hydrogens (tertiary/aromatic N) is 2. The minimum absolute atomic E-state index is 0.0425. The van der Waals surface area contributed by atoms with Gasteiger partial charge in [-0.15, -0.1) is 0 Å². The molecule has 0 bridgehead atoms. The molecule has 0 amide bonds. The number of hydrogen-bond acceptors (Lipinski definition) is 6. The summed E-state index contributed by atoms with van der Waals surface area (Å²) in [5.74, 6) is 0.931. The van der Waals surface area contributed by atoms with Gasteiger partial charge in [0.2, 0.25) is 0 Å². The van der Waals surface area contributed by atoms with E-state index in [4.69, 9.17) is 23.0 Å². The molecule has 0 unspecified atom stereocenters. The smallest absolute Gasteiger partial charge is 0.349 e. The fourth-order valence-electron chi connectivity index (χ4n) is 6.83. The van der Waals surface area contributed by atoms with Crippen molar-refractivity contribution in [2.24, 2.45) is 0 Å². The van der Waals surface area contributed by atoms with Crippen molar-refractivity contribution in [3.63, 3.8) is 0 Å². The molecule has 0 saturated carbocycles. The van der Waals surface area contributed by atoms with E-state index in [0.29, 0.717) is 6.61 Å². The van der Waals surface area contributed by atoms with Crippen LogP contribution in [-0.2, 0) is 31.1 Å². The van der Waals surface area contributed by atoms with Crippen molar-refractivity contribution in [1.82, 2.24) is 4.98 Å². The van der Waals surface area contributed by atoms with Gasteiger partial charge in [-0.25, -0.2) is 4.98 Å². The predicted octanol–water partition coefficient (Wildman–Crippen LogP) is 9.58. The van der Waals surface area contributed by atoms with Crippen LogP contribution in [0.2, 0.25) is 28.2 Å². The second kappa shape index (κ2) is 12.9. The minimum Gasteiger partial charge on any atom is -0.408 e. The first kappa shape index (κ1) is 35.0. The Morgan fingerprint density at radius 2 is 1.35 bits per heavy atom. The van der Waals surface area contributed by atoms with E-state index >= 15 is 0 Å². The molecule has 2 fully saturated rings. The Balaban J connectivity index is 1.48. The molecule has 1 aromatic heterocycles. The maximum absolute atomic E-state index is 7.30. The molecule has 2 aliphatic rings. The topological polar surface area (TPSA) is 53.1 Å². The van der Waals surface area contributed by atoms with Crippen molar-refractivity contribution < 1.29 is 18.0 Å². The summed E-state index contributed by atoms with van der Waals surface area (Å²) in [6, 6.07) is 25.5. The molecule has 3 aromatic rings. The third kappa shape index (κ3) is 7.08. The average molecular weight is 661 g/mol. The summed E-state index contributed by atoms with van der Waals surface area (Å²) in [6.45, 7) is 27.2. The van der Waals surface area contributed by atoms with Gasteiger partial charge in [-0.05, 0) is 35.3 Å². The zero-order valence-corrected chi connectivity index (χ0v) is 32.0. The highest BCUT2D eigenvalue weighted by Gasteiger charge is 2.65. The summed E-state index contributed by atoms with van der Waals surface area (Å²) in [5, 5.41) is -0.207. The Morgan fingerprint density at radius 1 is 0.804 bits per heavy atom. The first-order chi connectivity index (χ1) is 21.4. The fourth-order valence-corrected chi connectivity index (χ4v) is 13.1. The van der Waals surface area contributed by atoms with Crippen LogP contribution in [0.5, 0.6) is 0 Å². The molecule has 5 rings (SSSR count).